The lowest BCUT2D eigenvalue weighted by atomic mass is 10.1. The van der Waals surface area contributed by atoms with Crippen molar-refractivity contribution >= 4 is 0 Å². The van der Waals surface area contributed by atoms with E-state index >= 15 is 0 Å². The molecule has 5 heteroatoms. The average molecular weight is 206 g/mol. The maximum atomic E-state index is 5.21. The van der Waals surface area contributed by atoms with Crippen molar-refractivity contribution in [2.45, 2.75) is 0 Å². The Kier molecular flexibility index (Phi) is 2.53. The van der Waals surface area contributed by atoms with Gasteiger partial charge in [0.15, 0.2) is 0 Å². The van der Waals surface area contributed by atoms with Crippen LogP contribution in [0.2, 0.25) is 0 Å². The van der Waals surface area contributed by atoms with Crippen molar-refractivity contribution in [1.29, 1.82) is 0 Å². The van der Waals surface area contributed by atoms with Crippen LogP contribution in [-0.4, -0.2) is 24.4 Å². The van der Waals surface area contributed by atoms with Crippen molar-refractivity contribution in [1.82, 2.24) is 10.1 Å². The molecule has 1 heterocycles. The van der Waals surface area contributed by atoms with E-state index in [1.54, 1.807) is 14.2 Å². The van der Waals surface area contributed by atoms with E-state index in [1.807, 2.05) is 18.2 Å². The summed E-state index contributed by atoms with van der Waals surface area (Å²) in [7, 11) is 3.16. The molecule has 0 aliphatic heterocycles. The molecule has 0 atom stereocenters. The van der Waals surface area contributed by atoms with Gasteiger partial charge in [-0.2, -0.15) is 4.98 Å². The summed E-state index contributed by atoms with van der Waals surface area (Å²) < 4.78 is 15.1. The van der Waals surface area contributed by atoms with Gasteiger partial charge in [0.2, 0.25) is 12.2 Å². The smallest absolute Gasteiger partial charge is 0.214 e. The summed E-state index contributed by atoms with van der Waals surface area (Å²) in [5.41, 5.74) is 0.691. The predicted molar refractivity (Wildman–Crippen MR) is 52.8 cm³/mol. The van der Waals surface area contributed by atoms with E-state index in [0.29, 0.717) is 22.9 Å². The minimum atomic E-state index is 0.448. The molecule has 1 aromatic heterocycles. The van der Waals surface area contributed by atoms with Crippen molar-refractivity contribution < 1.29 is 14.0 Å². The second-order valence-electron chi connectivity index (χ2n) is 2.79. The Bertz CT molecular complexity index is 418. The first-order valence-corrected chi connectivity index (χ1v) is 4.34. The minimum Gasteiger partial charge on any atom is -0.496 e. The second kappa shape index (κ2) is 4.00. The fourth-order valence-electron chi connectivity index (χ4n) is 1.35. The van der Waals surface area contributed by atoms with Gasteiger partial charge in [-0.05, 0) is 12.1 Å². The molecule has 15 heavy (non-hydrogen) atoms. The van der Waals surface area contributed by atoms with Gasteiger partial charge in [0.25, 0.3) is 0 Å². The summed E-state index contributed by atoms with van der Waals surface area (Å²) in [6.45, 7) is 0. The number of benzene rings is 1. The predicted octanol–water partition coefficient (Wildman–Crippen LogP) is 1.75. The molecule has 0 bridgehead atoms. The Balaban J connectivity index is 2.61. The van der Waals surface area contributed by atoms with E-state index < -0.39 is 0 Å². The molecule has 0 aliphatic carbocycles. The van der Waals surface area contributed by atoms with E-state index in [0.717, 1.165) is 0 Å². The van der Waals surface area contributed by atoms with Gasteiger partial charge in [-0.3, -0.25) is 0 Å². The van der Waals surface area contributed by atoms with Gasteiger partial charge in [0.05, 0.1) is 14.2 Å². The minimum absolute atomic E-state index is 0.448. The lowest BCUT2D eigenvalue weighted by Gasteiger charge is -2.09. The van der Waals surface area contributed by atoms with Crippen LogP contribution in [0.5, 0.6) is 11.5 Å². The highest BCUT2D eigenvalue weighted by Crippen LogP contribution is 2.35. The number of hydrogen-bond donors (Lipinski definition) is 0. The standard InChI is InChI=1S/C10H10N2O3/c1-13-7-4-3-5-8(14-2)9(7)10-11-6-15-12-10/h3-6H,1-2H3. The molecule has 2 aromatic rings. The Hall–Kier alpha value is -2.04. The fourth-order valence-corrected chi connectivity index (χ4v) is 1.35. The van der Waals surface area contributed by atoms with Gasteiger partial charge in [-0.1, -0.05) is 11.2 Å². The van der Waals surface area contributed by atoms with E-state index in [1.165, 1.54) is 6.39 Å². The molecule has 0 saturated carbocycles. The van der Waals surface area contributed by atoms with Crippen LogP contribution in [0, 0.1) is 0 Å². The first kappa shape index (κ1) is 9.51. The molecule has 0 unspecified atom stereocenters. The van der Waals surface area contributed by atoms with Crippen LogP contribution in [0.25, 0.3) is 11.4 Å². The lowest BCUT2D eigenvalue weighted by Crippen LogP contribution is -1.93. The van der Waals surface area contributed by atoms with Gasteiger partial charge < -0.3 is 14.0 Å². The molecule has 2 rings (SSSR count). The molecule has 0 amide bonds. The Morgan fingerprint density at radius 2 is 1.80 bits per heavy atom. The third-order valence-electron chi connectivity index (χ3n) is 2.01. The number of aromatic nitrogens is 2. The molecule has 0 saturated heterocycles. The molecule has 5 nitrogen and oxygen atoms in total. The van der Waals surface area contributed by atoms with Crippen LogP contribution >= 0.6 is 0 Å². The summed E-state index contributed by atoms with van der Waals surface area (Å²) in [5.74, 6) is 1.75. The van der Waals surface area contributed by atoms with Crippen LogP contribution in [0.15, 0.2) is 29.1 Å². The number of hydrogen-bond acceptors (Lipinski definition) is 5. The van der Waals surface area contributed by atoms with Crippen molar-refractivity contribution in [3.05, 3.63) is 24.6 Å². The first-order chi connectivity index (χ1) is 7.36. The van der Waals surface area contributed by atoms with Crippen molar-refractivity contribution in [2.24, 2.45) is 0 Å². The summed E-state index contributed by atoms with van der Waals surface area (Å²) in [6, 6.07) is 5.46. The average Bonchev–Trinajstić information content (AvgIpc) is 2.81. The fraction of sp³-hybridized carbons (Fsp3) is 0.200. The topological polar surface area (TPSA) is 57.4 Å². The van der Waals surface area contributed by atoms with Crippen LogP contribution < -0.4 is 9.47 Å². The number of nitrogens with zero attached hydrogens (tertiary/aromatic N) is 2. The van der Waals surface area contributed by atoms with E-state index in [-0.39, 0.29) is 0 Å². The Morgan fingerprint density at radius 1 is 1.13 bits per heavy atom. The highest BCUT2D eigenvalue weighted by Gasteiger charge is 2.15. The number of methoxy groups -OCH3 is 2. The molecule has 0 radical (unpaired) electrons. The second-order valence-corrected chi connectivity index (χ2v) is 2.79. The van der Waals surface area contributed by atoms with Gasteiger partial charge in [0, 0.05) is 0 Å². The molecular formula is C10H10N2O3. The molecular weight excluding hydrogens is 196 g/mol. The third kappa shape index (κ3) is 1.63. The maximum Gasteiger partial charge on any atom is 0.214 e. The third-order valence-corrected chi connectivity index (χ3v) is 2.01. The summed E-state index contributed by atoms with van der Waals surface area (Å²) >= 11 is 0. The van der Waals surface area contributed by atoms with Gasteiger partial charge in [-0.25, -0.2) is 0 Å². The lowest BCUT2D eigenvalue weighted by molar-refractivity contribution is 0.393. The van der Waals surface area contributed by atoms with Gasteiger partial charge >= 0.3 is 0 Å². The van der Waals surface area contributed by atoms with Gasteiger partial charge in [0.1, 0.15) is 17.1 Å². The Labute approximate surface area is 86.6 Å². The van der Waals surface area contributed by atoms with Crippen LogP contribution in [0.3, 0.4) is 0 Å². The van der Waals surface area contributed by atoms with E-state index in [9.17, 15) is 0 Å². The highest BCUT2D eigenvalue weighted by atomic mass is 16.5. The van der Waals surface area contributed by atoms with Gasteiger partial charge in [-0.15, -0.1) is 0 Å². The molecule has 0 N–H and O–H groups in total. The van der Waals surface area contributed by atoms with E-state index in [4.69, 9.17) is 14.0 Å². The molecule has 0 spiro atoms. The zero-order valence-corrected chi connectivity index (χ0v) is 8.43. The Morgan fingerprint density at radius 3 is 2.27 bits per heavy atom. The number of rotatable bonds is 3. The first-order valence-electron chi connectivity index (χ1n) is 4.34. The van der Waals surface area contributed by atoms with Crippen LogP contribution in [-0.2, 0) is 0 Å². The van der Waals surface area contributed by atoms with Crippen LogP contribution in [0.4, 0.5) is 0 Å². The zero-order valence-electron chi connectivity index (χ0n) is 8.43. The molecule has 0 fully saturated rings. The molecule has 0 aliphatic rings. The van der Waals surface area contributed by atoms with Crippen molar-refractivity contribution in [3.8, 4) is 22.9 Å². The highest BCUT2D eigenvalue weighted by molar-refractivity contribution is 5.71. The molecule has 78 valence electrons. The van der Waals surface area contributed by atoms with Crippen LogP contribution in [0.1, 0.15) is 0 Å². The van der Waals surface area contributed by atoms with Crippen molar-refractivity contribution in [3.63, 3.8) is 0 Å². The molecule has 1 aromatic carbocycles. The maximum absolute atomic E-state index is 5.21. The quantitative estimate of drug-likeness (QED) is 0.765. The summed E-state index contributed by atoms with van der Waals surface area (Å²) in [5, 5.41) is 3.76. The SMILES string of the molecule is COc1cccc(OC)c1-c1ncon1. The summed E-state index contributed by atoms with van der Waals surface area (Å²) in [4.78, 5) is 3.97. The normalized spacial score (nSPS) is 10.0. The van der Waals surface area contributed by atoms with E-state index in [2.05, 4.69) is 10.1 Å². The zero-order chi connectivity index (χ0) is 10.7. The largest absolute Gasteiger partial charge is 0.496 e. The monoisotopic (exact) mass is 206 g/mol. The van der Waals surface area contributed by atoms with Crippen molar-refractivity contribution in [2.75, 3.05) is 14.2 Å². The number of ether oxygens (including phenoxy) is 2. The summed E-state index contributed by atoms with van der Waals surface area (Å²) in [6.07, 6.45) is 1.27.